The van der Waals surface area contributed by atoms with Crippen molar-refractivity contribution in [3.8, 4) is 17.0 Å². The Hall–Kier alpha value is -4.02. The summed E-state index contributed by atoms with van der Waals surface area (Å²) in [5.74, 6) is -0.478. The standard InChI is InChI=1S/C19H15F3N6O2/c1-11-6-8-16(26-25-11)24-18(29)14-10-23-17-9-7-13(27-28(14)17)12-4-2-3-5-15(12)30-19(20,21)22/h2-10,25-26H,1H3,(H,24,29). The number of carbonyl (C=O) groups excluding carboxylic acids is 1. The summed E-state index contributed by atoms with van der Waals surface area (Å²) in [4.78, 5) is 16.8. The van der Waals surface area contributed by atoms with E-state index in [1.165, 1.54) is 35.0 Å². The second-order valence-electron chi connectivity index (χ2n) is 6.31. The van der Waals surface area contributed by atoms with E-state index in [9.17, 15) is 18.0 Å². The maximum Gasteiger partial charge on any atom is 0.573 e. The zero-order valence-electron chi connectivity index (χ0n) is 15.5. The average Bonchev–Trinajstić information content (AvgIpc) is 3.12. The van der Waals surface area contributed by atoms with Gasteiger partial charge in [0.1, 0.15) is 11.6 Å². The first kappa shape index (κ1) is 19.3. The fourth-order valence-electron chi connectivity index (χ4n) is 2.78. The molecule has 3 aromatic rings. The van der Waals surface area contributed by atoms with E-state index in [0.29, 0.717) is 11.5 Å². The molecule has 0 saturated carbocycles. The summed E-state index contributed by atoms with van der Waals surface area (Å²) in [6, 6.07) is 8.69. The summed E-state index contributed by atoms with van der Waals surface area (Å²) in [5, 5.41) is 6.97. The van der Waals surface area contributed by atoms with Crippen molar-refractivity contribution in [3.05, 3.63) is 72.0 Å². The molecule has 4 rings (SSSR count). The third-order valence-electron chi connectivity index (χ3n) is 4.13. The highest BCUT2D eigenvalue weighted by atomic mass is 19.4. The molecule has 3 N–H and O–H groups in total. The Morgan fingerprint density at radius 1 is 1.13 bits per heavy atom. The number of nitrogens with zero attached hydrogens (tertiary/aromatic N) is 3. The average molecular weight is 416 g/mol. The van der Waals surface area contributed by atoms with Gasteiger partial charge in [0.15, 0.2) is 11.3 Å². The first-order chi connectivity index (χ1) is 14.3. The molecule has 0 radical (unpaired) electrons. The van der Waals surface area contributed by atoms with Crippen molar-refractivity contribution in [2.75, 3.05) is 0 Å². The summed E-state index contributed by atoms with van der Waals surface area (Å²) >= 11 is 0. The van der Waals surface area contributed by atoms with Gasteiger partial charge in [-0.3, -0.25) is 10.2 Å². The third kappa shape index (κ3) is 4.04. The minimum absolute atomic E-state index is 0.107. The van der Waals surface area contributed by atoms with Gasteiger partial charge in [0.25, 0.3) is 5.91 Å². The predicted octanol–water partition coefficient (Wildman–Crippen LogP) is 2.88. The Kier molecular flexibility index (Phi) is 4.78. The number of hydrogen-bond donors (Lipinski definition) is 3. The fraction of sp³-hybridized carbons (Fsp3) is 0.105. The van der Waals surface area contributed by atoms with Gasteiger partial charge in [0, 0.05) is 11.3 Å². The van der Waals surface area contributed by atoms with Crippen LogP contribution in [0.4, 0.5) is 13.2 Å². The number of rotatable bonds is 4. The smallest absolute Gasteiger partial charge is 0.405 e. The van der Waals surface area contributed by atoms with Crippen molar-refractivity contribution in [3.63, 3.8) is 0 Å². The largest absolute Gasteiger partial charge is 0.573 e. The predicted molar refractivity (Wildman–Crippen MR) is 101 cm³/mol. The number of alkyl halides is 3. The van der Waals surface area contributed by atoms with Crippen LogP contribution in [0.5, 0.6) is 5.75 Å². The number of carbonyl (C=O) groups is 1. The van der Waals surface area contributed by atoms with Crippen molar-refractivity contribution < 1.29 is 22.7 Å². The van der Waals surface area contributed by atoms with Crippen LogP contribution in [0, 0.1) is 0 Å². The van der Waals surface area contributed by atoms with Gasteiger partial charge in [-0.2, -0.15) is 5.10 Å². The van der Waals surface area contributed by atoms with E-state index in [1.54, 1.807) is 24.3 Å². The number of ether oxygens (including phenoxy) is 1. The number of imidazole rings is 1. The number of nitrogens with one attached hydrogen (secondary N) is 3. The molecule has 1 aliphatic heterocycles. The van der Waals surface area contributed by atoms with Crippen LogP contribution >= 0.6 is 0 Å². The number of amides is 1. The summed E-state index contributed by atoms with van der Waals surface area (Å²) in [7, 11) is 0. The molecule has 0 spiro atoms. The zero-order chi connectivity index (χ0) is 21.3. The van der Waals surface area contributed by atoms with Crippen LogP contribution in [0.3, 0.4) is 0 Å². The number of hydrazine groups is 1. The van der Waals surface area contributed by atoms with Crippen LogP contribution in [-0.2, 0) is 0 Å². The number of allylic oxidation sites excluding steroid dienone is 3. The topological polar surface area (TPSA) is 92.6 Å². The molecule has 1 aromatic carbocycles. The highest BCUT2D eigenvalue weighted by molar-refractivity contribution is 5.94. The van der Waals surface area contributed by atoms with E-state index in [2.05, 4.69) is 31.0 Å². The van der Waals surface area contributed by atoms with Crippen molar-refractivity contribution in [1.29, 1.82) is 0 Å². The maximum atomic E-state index is 12.7. The summed E-state index contributed by atoms with van der Waals surface area (Å²) in [6.07, 6.45) is -0.0651. The van der Waals surface area contributed by atoms with Crippen LogP contribution in [0.2, 0.25) is 0 Å². The summed E-state index contributed by atoms with van der Waals surface area (Å²) in [6.45, 7) is 1.85. The molecular formula is C19H15F3N6O2. The van der Waals surface area contributed by atoms with Gasteiger partial charge < -0.3 is 15.5 Å². The van der Waals surface area contributed by atoms with Crippen molar-refractivity contribution in [2.24, 2.45) is 0 Å². The molecule has 8 nitrogen and oxygen atoms in total. The van der Waals surface area contributed by atoms with E-state index in [-0.39, 0.29) is 17.0 Å². The molecule has 0 unspecified atom stereocenters. The molecule has 0 fully saturated rings. The van der Waals surface area contributed by atoms with E-state index in [1.807, 2.05) is 6.92 Å². The van der Waals surface area contributed by atoms with Gasteiger partial charge >= 0.3 is 6.36 Å². The second-order valence-corrected chi connectivity index (χ2v) is 6.31. The second kappa shape index (κ2) is 7.43. The van der Waals surface area contributed by atoms with E-state index in [4.69, 9.17) is 0 Å². The normalized spacial score (nSPS) is 13.7. The highest BCUT2D eigenvalue weighted by Crippen LogP contribution is 2.32. The number of fused-ring (bicyclic) bond motifs is 1. The molecular weight excluding hydrogens is 401 g/mol. The molecule has 0 saturated heterocycles. The fourth-order valence-corrected chi connectivity index (χ4v) is 2.78. The lowest BCUT2D eigenvalue weighted by Crippen LogP contribution is -2.40. The molecule has 30 heavy (non-hydrogen) atoms. The molecule has 1 amide bonds. The molecule has 0 aliphatic carbocycles. The number of benzene rings is 1. The van der Waals surface area contributed by atoms with Gasteiger partial charge in [0.05, 0.1) is 11.9 Å². The Labute approximate surface area is 168 Å². The summed E-state index contributed by atoms with van der Waals surface area (Å²) in [5.41, 5.74) is 7.32. The SMILES string of the molecule is CC1=CC=C(NC(=O)c2cnc3ccc(-c4ccccc4OC(F)(F)F)nn23)NN1. The van der Waals surface area contributed by atoms with Gasteiger partial charge in [-0.05, 0) is 43.3 Å². The van der Waals surface area contributed by atoms with Crippen LogP contribution in [-0.4, -0.2) is 26.9 Å². The number of aromatic nitrogens is 3. The van der Waals surface area contributed by atoms with Crippen LogP contribution in [0.1, 0.15) is 17.4 Å². The van der Waals surface area contributed by atoms with Gasteiger partial charge in [-0.25, -0.2) is 9.50 Å². The number of para-hydroxylation sites is 1. The minimum Gasteiger partial charge on any atom is -0.405 e. The van der Waals surface area contributed by atoms with Crippen molar-refractivity contribution in [1.82, 2.24) is 30.8 Å². The zero-order valence-corrected chi connectivity index (χ0v) is 15.5. The monoisotopic (exact) mass is 416 g/mol. The lowest BCUT2D eigenvalue weighted by atomic mass is 10.1. The van der Waals surface area contributed by atoms with Gasteiger partial charge in [0.2, 0.25) is 0 Å². The molecule has 154 valence electrons. The number of hydrogen-bond acceptors (Lipinski definition) is 6. The van der Waals surface area contributed by atoms with Crippen LogP contribution in [0.25, 0.3) is 16.9 Å². The highest BCUT2D eigenvalue weighted by Gasteiger charge is 2.32. The molecule has 0 atom stereocenters. The van der Waals surface area contributed by atoms with Crippen LogP contribution in [0.15, 0.2) is 66.3 Å². The quantitative estimate of drug-likeness (QED) is 0.606. The Balaban J connectivity index is 1.68. The first-order valence-corrected chi connectivity index (χ1v) is 8.72. The van der Waals surface area contributed by atoms with Crippen LogP contribution < -0.4 is 20.9 Å². The molecule has 2 aromatic heterocycles. The lowest BCUT2D eigenvalue weighted by Gasteiger charge is -2.17. The number of halogens is 3. The van der Waals surface area contributed by atoms with Gasteiger partial charge in [-0.15, -0.1) is 13.2 Å². The third-order valence-corrected chi connectivity index (χ3v) is 4.13. The molecule has 11 heteroatoms. The first-order valence-electron chi connectivity index (χ1n) is 8.72. The molecule has 1 aliphatic rings. The Bertz CT molecular complexity index is 1180. The van der Waals surface area contributed by atoms with E-state index >= 15 is 0 Å². The van der Waals surface area contributed by atoms with Crippen molar-refractivity contribution in [2.45, 2.75) is 13.3 Å². The Morgan fingerprint density at radius 3 is 2.67 bits per heavy atom. The maximum absolute atomic E-state index is 12.7. The van der Waals surface area contributed by atoms with E-state index in [0.717, 1.165) is 5.70 Å². The van der Waals surface area contributed by atoms with Gasteiger partial charge in [-0.1, -0.05) is 12.1 Å². The van der Waals surface area contributed by atoms with E-state index < -0.39 is 18.0 Å². The molecule has 0 bridgehead atoms. The lowest BCUT2D eigenvalue weighted by molar-refractivity contribution is -0.274. The Morgan fingerprint density at radius 2 is 1.93 bits per heavy atom. The van der Waals surface area contributed by atoms with Crippen molar-refractivity contribution >= 4 is 11.6 Å². The summed E-state index contributed by atoms with van der Waals surface area (Å²) < 4.78 is 43.5. The minimum atomic E-state index is -4.85. The molecule has 3 heterocycles.